The van der Waals surface area contributed by atoms with Crippen molar-refractivity contribution in [1.29, 1.82) is 0 Å². The molecule has 2 bridgehead atoms. The zero-order valence-electron chi connectivity index (χ0n) is 11.5. The van der Waals surface area contributed by atoms with Gasteiger partial charge in [0.25, 0.3) is 0 Å². The van der Waals surface area contributed by atoms with Crippen LogP contribution in [-0.2, 0) is 19.0 Å². The van der Waals surface area contributed by atoms with Gasteiger partial charge in [0.1, 0.15) is 5.60 Å². The standard InChI is InChI=1S/C15H20O4/c1-8-4-5-11-9(2)12(16)17-13-15(11)10(8)6-7-14(3,18-13)19-15/h8,10-11,13H,2,4-7H2,1,3H3/t8-,10?,11+,13-,14+,15?/m1/s1. The van der Waals surface area contributed by atoms with Crippen LogP contribution in [0.25, 0.3) is 0 Å². The minimum absolute atomic E-state index is 0.0575. The smallest absolute Gasteiger partial charge is 0.336 e. The minimum Gasteiger partial charge on any atom is -0.429 e. The fourth-order valence-electron chi connectivity index (χ4n) is 4.73. The van der Waals surface area contributed by atoms with Crippen LogP contribution in [0.5, 0.6) is 0 Å². The molecule has 0 aromatic rings. The Kier molecular flexibility index (Phi) is 2.14. The second kappa shape index (κ2) is 3.41. The molecule has 6 atom stereocenters. The highest BCUT2D eigenvalue weighted by molar-refractivity contribution is 5.90. The van der Waals surface area contributed by atoms with Gasteiger partial charge in [-0.3, -0.25) is 0 Å². The number of carbonyl (C=O) groups excluding carboxylic acids is 1. The van der Waals surface area contributed by atoms with E-state index < -0.39 is 17.7 Å². The first-order valence-corrected chi connectivity index (χ1v) is 7.24. The Hall–Kier alpha value is -0.870. The Labute approximate surface area is 113 Å². The van der Waals surface area contributed by atoms with Crippen LogP contribution in [0, 0.1) is 17.8 Å². The van der Waals surface area contributed by atoms with Crippen molar-refractivity contribution < 1.29 is 19.0 Å². The van der Waals surface area contributed by atoms with Crippen LogP contribution in [0.4, 0.5) is 0 Å². The lowest BCUT2D eigenvalue weighted by atomic mass is 9.58. The summed E-state index contributed by atoms with van der Waals surface area (Å²) in [5.74, 6) is 0.128. The molecule has 4 aliphatic rings. The normalized spacial score (nSPS) is 55.7. The summed E-state index contributed by atoms with van der Waals surface area (Å²) >= 11 is 0. The van der Waals surface area contributed by atoms with Crippen molar-refractivity contribution in [3.63, 3.8) is 0 Å². The number of ether oxygens (including phenoxy) is 3. The second-order valence-electron chi connectivity index (χ2n) is 6.72. The number of rotatable bonds is 0. The zero-order valence-corrected chi connectivity index (χ0v) is 11.5. The zero-order chi connectivity index (χ0) is 13.4. The summed E-state index contributed by atoms with van der Waals surface area (Å²) in [6.45, 7) is 8.19. The van der Waals surface area contributed by atoms with E-state index in [2.05, 4.69) is 13.5 Å². The summed E-state index contributed by atoms with van der Waals surface area (Å²) in [5, 5.41) is 0. The summed E-state index contributed by atoms with van der Waals surface area (Å²) < 4.78 is 17.8. The highest BCUT2D eigenvalue weighted by Crippen LogP contribution is 2.62. The van der Waals surface area contributed by atoms with Crippen LogP contribution in [0.15, 0.2) is 12.2 Å². The molecule has 3 heterocycles. The van der Waals surface area contributed by atoms with E-state index in [1.165, 1.54) is 0 Å². The predicted octanol–water partition coefficient (Wildman–Crippen LogP) is 2.38. The molecular weight excluding hydrogens is 244 g/mol. The number of fused-ring (bicyclic) bond motifs is 1. The molecule has 1 saturated carbocycles. The van der Waals surface area contributed by atoms with Gasteiger partial charge in [-0.05, 0) is 38.0 Å². The molecule has 4 fully saturated rings. The molecule has 104 valence electrons. The summed E-state index contributed by atoms with van der Waals surface area (Å²) in [7, 11) is 0. The monoisotopic (exact) mass is 264 g/mol. The molecule has 4 rings (SSSR count). The van der Waals surface area contributed by atoms with Crippen LogP contribution in [0.3, 0.4) is 0 Å². The fourth-order valence-corrected chi connectivity index (χ4v) is 4.73. The topological polar surface area (TPSA) is 44.8 Å². The van der Waals surface area contributed by atoms with Crippen LogP contribution >= 0.6 is 0 Å². The van der Waals surface area contributed by atoms with E-state index in [1.54, 1.807) is 0 Å². The SMILES string of the molecule is C=C1C(=O)O[C@@H]2O[C@]3(C)CCC4[C@H](C)CC[C@@H]1C42O3. The molecule has 3 aliphatic heterocycles. The van der Waals surface area contributed by atoms with Gasteiger partial charge in [0.05, 0.1) is 0 Å². The maximum absolute atomic E-state index is 12.0. The van der Waals surface area contributed by atoms with Crippen molar-refractivity contribution in [3.8, 4) is 0 Å². The molecule has 1 aliphatic carbocycles. The van der Waals surface area contributed by atoms with Gasteiger partial charge in [-0.15, -0.1) is 0 Å². The molecule has 0 N–H and O–H groups in total. The first-order valence-electron chi connectivity index (χ1n) is 7.24. The quantitative estimate of drug-likeness (QED) is 0.498. The van der Waals surface area contributed by atoms with Gasteiger partial charge < -0.3 is 14.2 Å². The average Bonchev–Trinajstić information content (AvgIpc) is 2.56. The van der Waals surface area contributed by atoms with E-state index in [0.717, 1.165) is 25.7 Å². The lowest BCUT2D eigenvalue weighted by molar-refractivity contribution is -0.245. The predicted molar refractivity (Wildman–Crippen MR) is 66.9 cm³/mol. The van der Waals surface area contributed by atoms with Crippen molar-refractivity contribution in [2.75, 3.05) is 0 Å². The number of hydrogen-bond acceptors (Lipinski definition) is 4. The maximum Gasteiger partial charge on any atom is 0.336 e. The van der Waals surface area contributed by atoms with Crippen LogP contribution in [0.2, 0.25) is 0 Å². The highest BCUT2D eigenvalue weighted by Gasteiger charge is 2.71. The van der Waals surface area contributed by atoms with Gasteiger partial charge in [0, 0.05) is 17.9 Å². The van der Waals surface area contributed by atoms with Crippen molar-refractivity contribution in [3.05, 3.63) is 12.2 Å². The average molecular weight is 264 g/mol. The molecule has 1 spiro atoms. The number of esters is 1. The summed E-state index contributed by atoms with van der Waals surface area (Å²) in [6, 6.07) is 0. The molecule has 4 heteroatoms. The van der Waals surface area contributed by atoms with Gasteiger partial charge in [0.15, 0.2) is 5.79 Å². The Morgan fingerprint density at radius 1 is 1.32 bits per heavy atom. The fraction of sp³-hybridized carbons (Fsp3) is 0.800. The van der Waals surface area contributed by atoms with E-state index in [9.17, 15) is 4.79 Å². The second-order valence-corrected chi connectivity index (χ2v) is 6.72. The van der Waals surface area contributed by atoms with E-state index in [0.29, 0.717) is 17.4 Å². The van der Waals surface area contributed by atoms with Gasteiger partial charge >= 0.3 is 5.97 Å². The Balaban J connectivity index is 1.86. The van der Waals surface area contributed by atoms with Gasteiger partial charge in [-0.25, -0.2) is 4.79 Å². The summed E-state index contributed by atoms with van der Waals surface area (Å²) in [4.78, 5) is 12.0. The summed E-state index contributed by atoms with van der Waals surface area (Å²) in [6.07, 6.45) is 3.47. The van der Waals surface area contributed by atoms with E-state index in [-0.39, 0.29) is 11.9 Å². The molecule has 4 nitrogen and oxygen atoms in total. The van der Waals surface area contributed by atoms with Crippen LogP contribution in [0.1, 0.15) is 39.5 Å². The highest BCUT2D eigenvalue weighted by atomic mass is 16.8. The van der Waals surface area contributed by atoms with Crippen molar-refractivity contribution in [2.45, 2.75) is 57.2 Å². The van der Waals surface area contributed by atoms with Crippen molar-refractivity contribution in [1.82, 2.24) is 0 Å². The van der Waals surface area contributed by atoms with Crippen molar-refractivity contribution in [2.24, 2.45) is 17.8 Å². The third-order valence-electron chi connectivity index (χ3n) is 5.65. The number of carbonyl (C=O) groups is 1. The minimum atomic E-state index is -0.596. The third-order valence-corrected chi connectivity index (χ3v) is 5.65. The Morgan fingerprint density at radius 2 is 2.11 bits per heavy atom. The van der Waals surface area contributed by atoms with E-state index >= 15 is 0 Å². The van der Waals surface area contributed by atoms with E-state index in [1.807, 2.05) is 6.92 Å². The van der Waals surface area contributed by atoms with Crippen LogP contribution in [-0.4, -0.2) is 23.6 Å². The van der Waals surface area contributed by atoms with Crippen molar-refractivity contribution >= 4 is 5.97 Å². The molecular formula is C15H20O4. The lowest BCUT2D eigenvalue weighted by Crippen LogP contribution is -2.63. The Bertz CT molecular complexity index is 473. The van der Waals surface area contributed by atoms with Gasteiger partial charge in [-0.2, -0.15) is 0 Å². The van der Waals surface area contributed by atoms with Gasteiger partial charge in [0.2, 0.25) is 6.29 Å². The molecule has 0 amide bonds. The first-order chi connectivity index (χ1) is 8.96. The number of hydrogen-bond donors (Lipinski definition) is 0. The molecule has 0 aromatic heterocycles. The van der Waals surface area contributed by atoms with Gasteiger partial charge in [-0.1, -0.05) is 13.5 Å². The molecule has 0 aromatic carbocycles. The first kappa shape index (κ1) is 11.9. The maximum atomic E-state index is 12.0. The van der Waals surface area contributed by atoms with Crippen LogP contribution < -0.4 is 0 Å². The largest absolute Gasteiger partial charge is 0.429 e. The molecule has 2 unspecified atom stereocenters. The third kappa shape index (κ3) is 1.29. The molecule has 3 saturated heterocycles. The Morgan fingerprint density at radius 3 is 2.89 bits per heavy atom. The lowest BCUT2D eigenvalue weighted by Gasteiger charge is -2.54. The van der Waals surface area contributed by atoms with E-state index in [4.69, 9.17) is 14.2 Å². The summed E-state index contributed by atoms with van der Waals surface area (Å²) in [5.41, 5.74) is 0.0956. The molecule has 19 heavy (non-hydrogen) atoms. The molecule has 0 radical (unpaired) electrons.